The highest BCUT2D eigenvalue weighted by Crippen LogP contribution is 2.26. The monoisotopic (exact) mass is 407 g/mol. The summed E-state index contributed by atoms with van der Waals surface area (Å²) >= 11 is 0.692. The lowest BCUT2D eigenvalue weighted by atomic mass is 10.0. The van der Waals surface area contributed by atoms with Gasteiger partial charge in [-0.1, -0.05) is 13.0 Å². The Kier molecular flexibility index (Phi) is 6.34. The minimum atomic E-state index is -0.868. The van der Waals surface area contributed by atoms with Crippen molar-refractivity contribution in [2.45, 2.75) is 32.7 Å². The summed E-state index contributed by atoms with van der Waals surface area (Å²) in [7, 11) is 0. The summed E-state index contributed by atoms with van der Waals surface area (Å²) in [5, 5.41) is 2.82. The minimum Gasteiger partial charge on any atom is -0.395 e. The zero-order chi connectivity index (χ0) is 21.1. The second-order valence-corrected chi connectivity index (χ2v) is 7.57. The number of anilines is 2. The average Bonchev–Trinajstić information content (AvgIpc) is 3.00. The van der Waals surface area contributed by atoms with Gasteiger partial charge in [-0.25, -0.2) is 4.39 Å². The molecule has 8 nitrogen and oxygen atoms in total. The first-order valence-electron chi connectivity index (χ1n) is 8.49. The topological polar surface area (TPSA) is 131 Å². The third kappa shape index (κ3) is 4.83. The number of aromatic nitrogens is 1. The van der Waals surface area contributed by atoms with Crippen LogP contribution in [0, 0.1) is 5.82 Å². The first kappa shape index (κ1) is 21.3. The molecule has 0 saturated carbocycles. The second-order valence-electron chi connectivity index (χ2n) is 6.80. The smallest absolute Gasteiger partial charge is 0.272 e. The van der Waals surface area contributed by atoms with Crippen molar-refractivity contribution in [3.8, 4) is 0 Å². The van der Waals surface area contributed by atoms with Gasteiger partial charge in [0.15, 0.2) is 5.69 Å². The van der Waals surface area contributed by atoms with Crippen LogP contribution in [0.5, 0.6) is 0 Å². The number of nitrogens with one attached hydrogen (secondary N) is 1. The van der Waals surface area contributed by atoms with Crippen LogP contribution in [0.4, 0.5) is 15.8 Å². The van der Waals surface area contributed by atoms with E-state index < -0.39 is 29.1 Å². The molecule has 1 aromatic carbocycles. The van der Waals surface area contributed by atoms with E-state index in [0.29, 0.717) is 18.0 Å². The lowest BCUT2D eigenvalue weighted by Crippen LogP contribution is -2.48. The highest BCUT2D eigenvalue weighted by atomic mass is 32.1. The maximum absolute atomic E-state index is 13.7. The van der Waals surface area contributed by atoms with Crippen LogP contribution in [0.1, 0.15) is 47.4 Å². The fourth-order valence-corrected chi connectivity index (χ4v) is 3.08. The Hall–Kier alpha value is -3.01. The van der Waals surface area contributed by atoms with Crippen molar-refractivity contribution < 1.29 is 18.8 Å². The van der Waals surface area contributed by atoms with Gasteiger partial charge in [0, 0.05) is 11.2 Å². The largest absolute Gasteiger partial charge is 0.395 e. The number of nitrogens with two attached hydrogens (primary N) is 2. The molecular weight excluding hydrogens is 385 g/mol. The van der Waals surface area contributed by atoms with Gasteiger partial charge < -0.3 is 16.8 Å². The Labute approximate surface area is 165 Å². The number of benzene rings is 1. The predicted molar refractivity (Wildman–Crippen MR) is 106 cm³/mol. The molecule has 28 heavy (non-hydrogen) atoms. The molecule has 10 heteroatoms. The summed E-state index contributed by atoms with van der Waals surface area (Å²) in [6.45, 7) is 5.24. The van der Waals surface area contributed by atoms with Gasteiger partial charge in [-0.3, -0.25) is 19.3 Å². The van der Waals surface area contributed by atoms with Gasteiger partial charge in [0.2, 0.25) is 5.91 Å². The molecule has 150 valence electrons. The zero-order valence-electron chi connectivity index (χ0n) is 15.8. The number of nitrogen functional groups attached to an aromatic ring is 1. The molecule has 3 amide bonds. The molecule has 2 aromatic rings. The van der Waals surface area contributed by atoms with E-state index >= 15 is 0 Å². The van der Waals surface area contributed by atoms with Crippen LogP contribution < -0.4 is 21.7 Å². The van der Waals surface area contributed by atoms with Crippen LogP contribution in [-0.2, 0) is 4.79 Å². The quantitative estimate of drug-likeness (QED) is 0.645. The van der Waals surface area contributed by atoms with Crippen molar-refractivity contribution in [3.63, 3.8) is 0 Å². The second kappa shape index (κ2) is 8.34. The number of nitrogens with zero attached hydrogens (tertiary/aromatic N) is 2. The molecule has 5 N–H and O–H groups in total. The van der Waals surface area contributed by atoms with Gasteiger partial charge in [0.25, 0.3) is 11.8 Å². The molecule has 0 bridgehead atoms. The van der Waals surface area contributed by atoms with Gasteiger partial charge in [0.05, 0.1) is 5.69 Å². The molecule has 0 saturated heterocycles. The van der Waals surface area contributed by atoms with E-state index in [1.165, 1.54) is 18.2 Å². The van der Waals surface area contributed by atoms with E-state index in [2.05, 4.69) is 9.69 Å². The Morgan fingerprint density at radius 1 is 1.32 bits per heavy atom. The molecule has 0 aliphatic heterocycles. The molecule has 0 spiro atoms. The van der Waals surface area contributed by atoms with E-state index in [1.54, 1.807) is 0 Å². The third-order valence-corrected chi connectivity index (χ3v) is 5.04. The van der Waals surface area contributed by atoms with Crippen molar-refractivity contribution in [1.82, 2.24) is 9.69 Å². The molecule has 0 aliphatic carbocycles. The van der Waals surface area contributed by atoms with Gasteiger partial charge in [-0.2, -0.15) is 4.37 Å². The van der Waals surface area contributed by atoms with E-state index in [4.69, 9.17) is 11.5 Å². The fraction of sp³-hybridized carbons (Fsp3) is 0.333. The number of amides is 3. The van der Waals surface area contributed by atoms with E-state index in [-0.39, 0.29) is 28.5 Å². The highest BCUT2D eigenvalue weighted by molar-refractivity contribution is 7.09. The molecule has 1 heterocycles. The highest BCUT2D eigenvalue weighted by Gasteiger charge is 2.28. The van der Waals surface area contributed by atoms with Crippen molar-refractivity contribution in [2.75, 3.05) is 17.2 Å². The minimum absolute atomic E-state index is 0.0550. The summed E-state index contributed by atoms with van der Waals surface area (Å²) in [6.07, 6.45) is 0.677. The Balaban J connectivity index is 2.40. The number of hydrogen-bond donors (Lipinski definition) is 3. The molecule has 2 rings (SSSR count). The fourth-order valence-electron chi connectivity index (χ4n) is 2.33. The average molecular weight is 407 g/mol. The molecule has 0 fully saturated rings. The van der Waals surface area contributed by atoms with Crippen LogP contribution >= 0.6 is 11.5 Å². The normalized spacial score (nSPS) is 11.1. The van der Waals surface area contributed by atoms with E-state index in [9.17, 15) is 18.8 Å². The summed E-state index contributed by atoms with van der Waals surface area (Å²) in [5.41, 5.74) is 10.3. The van der Waals surface area contributed by atoms with Crippen molar-refractivity contribution >= 4 is 40.6 Å². The van der Waals surface area contributed by atoms with Crippen molar-refractivity contribution in [2.24, 2.45) is 5.73 Å². The molecule has 0 atom stereocenters. The standard InChI is InChI=1S/C18H22FN5O3S/c1-4-18(2,3)22-12(25)9-24(11-7-5-6-10(19)8-11)17(27)15-13(20)14(16(21)26)23-28-15/h5-8H,4,9,20H2,1-3H3,(H2,21,26)(H,22,25). The summed E-state index contributed by atoms with van der Waals surface area (Å²) in [4.78, 5) is 37.9. The Morgan fingerprint density at radius 2 is 2.00 bits per heavy atom. The number of halogens is 1. The van der Waals surface area contributed by atoms with Gasteiger partial charge in [0.1, 0.15) is 17.2 Å². The van der Waals surface area contributed by atoms with Crippen LogP contribution in [0.15, 0.2) is 24.3 Å². The first-order chi connectivity index (χ1) is 13.1. The van der Waals surface area contributed by atoms with E-state index in [1.807, 2.05) is 20.8 Å². The lowest BCUT2D eigenvalue weighted by molar-refractivity contribution is -0.121. The number of carbonyl (C=O) groups is 3. The summed E-state index contributed by atoms with van der Waals surface area (Å²) < 4.78 is 17.5. The maximum atomic E-state index is 13.7. The van der Waals surface area contributed by atoms with Crippen molar-refractivity contribution in [1.29, 1.82) is 0 Å². The summed E-state index contributed by atoms with van der Waals surface area (Å²) in [6, 6.07) is 5.26. The van der Waals surface area contributed by atoms with Gasteiger partial charge in [-0.15, -0.1) is 0 Å². The molecule has 0 aliphatic rings. The lowest BCUT2D eigenvalue weighted by Gasteiger charge is -2.27. The Morgan fingerprint density at radius 3 is 2.54 bits per heavy atom. The number of hydrogen-bond acceptors (Lipinski definition) is 6. The number of primary amides is 1. The van der Waals surface area contributed by atoms with Crippen LogP contribution in [0.3, 0.4) is 0 Å². The predicted octanol–water partition coefficient (Wildman–Crippen LogP) is 1.91. The van der Waals surface area contributed by atoms with E-state index in [0.717, 1.165) is 11.0 Å². The van der Waals surface area contributed by atoms with Crippen LogP contribution in [-0.4, -0.2) is 34.2 Å². The Bertz CT molecular complexity index is 912. The summed E-state index contributed by atoms with van der Waals surface area (Å²) in [5.74, 6) is -2.55. The third-order valence-electron chi connectivity index (χ3n) is 4.18. The van der Waals surface area contributed by atoms with Crippen molar-refractivity contribution in [3.05, 3.63) is 40.7 Å². The van der Waals surface area contributed by atoms with Crippen LogP contribution in [0.25, 0.3) is 0 Å². The zero-order valence-corrected chi connectivity index (χ0v) is 16.6. The first-order valence-corrected chi connectivity index (χ1v) is 9.26. The SMILES string of the molecule is CCC(C)(C)NC(=O)CN(C(=O)c1snc(C(N)=O)c1N)c1cccc(F)c1. The molecule has 0 unspecified atom stereocenters. The van der Waals surface area contributed by atoms with Crippen LogP contribution in [0.2, 0.25) is 0 Å². The maximum Gasteiger partial charge on any atom is 0.272 e. The molecular formula is C18H22FN5O3S. The molecule has 0 radical (unpaired) electrons. The number of carbonyl (C=O) groups excluding carboxylic acids is 3. The van der Waals surface area contributed by atoms with Gasteiger partial charge >= 0.3 is 0 Å². The molecule has 1 aromatic heterocycles. The number of rotatable bonds is 7. The van der Waals surface area contributed by atoms with Gasteiger partial charge in [-0.05, 0) is 50.0 Å².